The van der Waals surface area contributed by atoms with Crippen LogP contribution in [0.3, 0.4) is 0 Å². The number of benzene rings is 3. The van der Waals surface area contributed by atoms with Gasteiger partial charge in [-0.2, -0.15) is 9.36 Å². The van der Waals surface area contributed by atoms with Crippen molar-refractivity contribution in [2.45, 2.75) is 38.6 Å². The van der Waals surface area contributed by atoms with Crippen LogP contribution in [0.15, 0.2) is 78.9 Å². The number of aromatic nitrogens is 2. The maximum absolute atomic E-state index is 13.0. The van der Waals surface area contributed by atoms with Crippen LogP contribution in [0.2, 0.25) is 0 Å². The third kappa shape index (κ3) is 7.22. The molecule has 1 aromatic heterocycles. The molecule has 0 aliphatic rings. The monoisotopic (exact) mass is 475 g/mol. The normalized spacial score (nSPS) is 11.7. The molecule has 5 nitrogen and oxygen atoms in total. The molecule has 1 unspecified atom stereocenters. The molecule has 0 radical (unpaired) electrons. The van der Waals surface area contributed by atoms with Gasteiger partial charge in [-0.1, -0.05) is 54.6 Å². The fourth-order valence-corrected chi connectivity index (χ4v) is 4.09. The SMILES string of the molecule is CC(CCc1ccccc1)NC(=O)Cc1ccc(Oc2nc(Cc3ccc(F)cc3)ns2)cc1. The zero-order valence-electron chi connectivity index (χ0n) is 18.9. The van der Waals surface area contributed by atoms with Gasteiger partial charge in [0.1, 0.15) is 11.6 Å². The van der Waals surface area contributed by atoms with Gasteiger partial charge in [-0.3, -0.25) is 4.79 Å². The number of hydrogen-bond donors (Lipinski definition) is 1. The van der Waals surface area contributed by atoms with Gasteiger partial charge in [0.2, 0.25) is 5.91 Å². The van der Waals surface area contributed by atoms with Crippen LogP contribution in [0.5, 0.6) is 10.9 Å². The Labute approximate surface area is 202 Å². The Hall–Kier alpha value is -3.58. The Bertz CT molecular complexity index is 1190. The summed E-state index contributed by atoms with van der Waals surface area (Å²) in [5.74, 6) is 0.993. The van der Waals surface area contributed by atoms with Gasteiger partial charge in [0.05, 0.1) is 6.42 Å². The Kier molecular flexibility index (Phi) is 7.99. The van der Waals surface area contributed by atoms with Crippen molar-refractivity contribution in [2.24, 2.45) is 0 Å². The van der Waals surface area contributed by atoms with Crippen molar-refractivity contribution in [1.29, 1.82) is 0 Å². The predicted octanol–water partition coefficient (Wildman–Crippen LogP) is 5.74. The second kappa shape index (κ2) is 11.5. The Morgan fingerprint density at radius 3 is 2.41 bits per heavy atom. The van der Waals surface area contributed by atoms with Crippen molar-refractivity contribution in [3.05, 3.63) is 107 Å². The van der Waals surface area contributed by atoms with E-state index in [0.717, 1.165) is 24.0 Å². The van der Waals surface area contributed by atoms with Crippen LogP contribution in [0.4, 0.5) is 4.39 Å². The summed E-state index contributed by atoms with van der Waals surface area (Å²) in [6.07, 6.45) is 2.66. The minimum Gasteiger partial charge on any atom is -0.430 e. The highest BCUT2D eigenvalue weighted by Gasteiger charge is 2.10. The van der Waals surface area contributed by atoms with E-state index < -0.39 is 0 Å². The van der Waals surface area contributed by atoms with Crippen LogP contribution < -0.4 is 10.1 Å². The van der Waals surface area contributed by atoms with Crippen LogP contribution in [0.25, 0.3) is 0 Å². The first-order valence-corrected chi connectivity index (χ1v) is 12.0. The zero-order chi connectivity index (χ0) is 23.8. The molecule has 1 heterocycles. The zero-order valence-corrected chi connectivity index (χ0v) is 19.7. The lowest BCUT2D eigenvalue weighted by atomic mass is 10.1. The number of halogens is 1. The number of aryl methyl sites for hydroxylation is 1. The number of rotatable bonds is 10. The topological polar surface area (TPSA) is 64.1 Å². The van der Waals surface area contributed by atoms with E-state index in [1.54, 1.807) is 12.1 Å². The first kappa shape index (κ1) is 23.6. The lowest BCUT2D eigenvalue weighted by molar-refractivity contribution is -0.121. The highest BCUT2D eigenvalue weighted by atomic mass is 32.1. The van der Waals surface area contributed by atoms with E-state index in [1.165, 1.54) is 29.2 Å². The summed E-state index contributed by atoms with van der Waals surface area (Å²) < 4.78 is 23.2. The Morgan fingerprint density at radius 2 is 1.68 bits per heavy atom. The van der Waals surface area contributed by atoms with Gasteiger partial charge in [-0.25, -0.2) is 4.39 Å². The van der Waals surface area contributed by atoms with Crippen molar-refractivity contribution >= 4 is 17.4 Å². The minimum absolute atomic E-state index is 0.00351. The molecule has 0 spiro atoms. The highest BCUT2D eigenvalue weighted by molar-refractivity contribution is 7.07. The second-order valence-electron chi connectivity index (χ2n) is 8.20. The average molecular weight is 476 g/mol. The molecule has 0 fully saturated rings. The number of carbonyl (C=O) groups excluding carboxylic acids is 1. The van der Waals surface area contributed by atoms with Gasteiger partial charge in [0.15, 0.2) is 5.82 Å². The van der Waals surface area contributed by atoms with Crippen molar-refractivity contribution in [3.63, 3.8) is 0 Å². The first-order valence-electron chi connectivity index (χ1n) is 11.2. The van der Waals surface area contributed by atoms with E-state index >= 15 is 0 Å². The smallest absolute Gasteiger partial charge is 0.298 e. The van der Waals surface area contributed by atoms with Crippen molar-refractivity contribution in [3.8, 4) is 10.9 Å². The second-order valence-corrected chi connectivity index (χ2v) is 8.91. The maximum Gasteiger partial charge on any atom is 0.298 e. The average Bonchev–Trinajstić information content (AvgIpc) is 3.28. The van der Waals surface area contributed by atoms with Crippen molar-refractivity contribution < 1.29 is 13.9 Å². The molecule has 0 saturated heterocycles. The molecular formula is C27H26FN3O2S. The molecule has 34 heavy (non-hydrogen) atoms. The summed E-state index contributed by atoms with van der Waals surface area (Å²) in [7, 11) is 0. The van der Waals surface area contributed by atoms with E-state index in [2.05, 4.69) is 26.8 Å². The molecule has 0 saturated carbocycles. The molecular weight excluding hydrogens is 449 g/mol. The molecule has 1 N–H and O–H groups in total. The molecule has 0 aliphatic heterocycles. The number of ether oxygens (including phenoxy) is 1. The van der Waals surface area contributed by atoms with Crippen molar-refractivity contribution in [2.75, 3.05) is 0 Å². The van der Waals surface area contributed by atoms with E-state index in [1.807, 2.05) is 49.4 Å². The van der Waals surface area contributed by atoms with Gasteiger partial charge >= 0.3 is 0 Å². The fraction of sp³-hybridized carbons (Fsp3) is 0.222. The lowest BCUT2D eigenvalue weighted by Gasteiger charge is -2.14. The van der Waals surface area contributed by atoms with Gasteiger partial charge in [-0.05, 0) is 60.7 Å². The van der Waals surface area contributed by atoms with Crippen LogP contribution in [-0.4, -0.2) is 21.3 Å². The van der Waals surface area contributed by atoms with Crippen molar-refractivity contribution in [1.82, 2.24) is 14.7 Å². The number of nitrogens with one attached hydrogen (secondary N) is 1. The van der Waals surface area contributed by atoms with Crippen LogP contribution in [0, 0.1) is 5.82 Å². The molecule has 4 rings (SSSR count). The maximum atomic E-state index is 13.0. The van der Waals surface area contributed by atoms with E-state index in [4.69, 9.17) is 4.74 Å². The molecule has 1 amide bonds. The quantitative estimate of drug-likeness (QED) is 0.318. The summed E-state index contributed by atoms with van der Waals surface area (Å²) in [6.45, 7) is 2.03. The van der Waals surface area contributed by atoms with Crippen LogP contribution >= 0.6 is 11.5 Å². The molecule has 4 aromatic rings. The summed E-state index contributed by atoms with van der Waals surface area (Å²) in [5.41, 5.74) is 3.12. The summed E-state index contributed by atoms with van der Waals surface area (Å²) >= 11 is 1.17. The Balaban J connectivity index is 1.23. The van der Waals surface area contributed by atoms with Gasteiger partial charge in [0, 0.05) is 24.0 Å². The third-order valence-electron chi connectivity index (χ3n) is 5.33. The third-order valence-corrected chi connectivity index (χ3v) is 5.97. The van der Waals surface area contributed by atoms with Crippen LogP contribution in [-0.2, 0) is 24.1 Å². The lowest BCUT2D eigenvalue weighted by Crippen LogP contribution is -2.34. The molecule has 0 aliphatic carbocycles. The number of carbonyl (C=O) groups is 1. The largest absolute Gasteiger partial charge is 0.430 e. The molecule has 3 aromatic carbocycles. The highest BCUT2D eigenvalue weighted by Crippen LogP contribution is 2.24. The summed E-state index contributed by atoms with van der Waals surface area (Å²) in [6, 6.07) is 24.1. The Morgan fingerprint density at radius 1 is 0.971 bits per heavy atom. The number of amides is 1. The summed E-state index contributed by atoms with van der Waals surface area (Å²) in [5, 5.41) is 3.51. The number of nitrogens with zero attached hydrogens (tertiary/aromatic N) is 2. The predicted molar refractivity (Wildman–Crippen MR) is 132 cm³/mol. The molecule has 0 bridgehead atoms. The van der Waals surface area contributed by atoms with E-state index in [0.29, 0.717) is 29.6 Å². The van der Waals surface area contributed by atoms with Gasteiger partial charge in [-0.15, -0.1) is 0 Å². The summed E-state index contributed by atoms with van der Waals surface area (Å²) in [4.78, 5) is 16.8. The van der Waals surface area contributed by atoms with E-state index in [-0.39, 0.29) is 17.8 Å². The number of hydrogen-bond acceptors (Lipinski definition) is 5. The van der Waals surface area contributed by atoms with Gasteiger partial charge < -0.3 is 10.1 Å². The van der Waals surface area contributed by atoms with Gasteiger partial charge in [0.25, 0.3) is 5.19 Å². The van der Waals surface area contributed by atoms with Crippen LogP contribution in [0.1, 0.15) is 35.9 Å². The minimum atomic E-state index is -0.266. The molecule has 1 atom stereocenters. The molecule has 7 heteroatoms. The standard InChI is InChI=1S/C27H26FN3O2S/c1-19(7-8-20-5-3-2-4-6-20)29-26(32)18-22-11-15-24(16-12-22)33-27-30-25(31-34-27)17-21-9-13-23(28)14-10-21/h2-6,9-16,19H,7-8,17-18H2,1H3,(H,29,32). The molecule has 174 valence electrons. The van der Waals surface area contributed by atoms with E-state index in [9.17, 15) is 9.18 Å². The fourth-order valence-electron chi connectivity index (χ4n) is 3.52. The first-order chi connectivity index (χ1) is 16.5.